The van der Waals surface area contributed by atoms with Crippen LogP contribution in [-0.2, 0) is 24.6 Å². The summed E-state index contributed by atoms with van der Waals surface area (Å²) in [7, 11) is 3.82. The minimum absolute atomic E-state index is 0.0418. The van der Waals surface area contributed by atoms with Gasteiger partial charge in [-0.25, -0.2) is 0 Å². The number of aryl methyl sites for hydroxylation is 2. The van der Waals surface area contributed by atoms with Crippen LogP contribution in [-0.4, -0.2) is 28.5 Å². The van der Waals surface area contributed by atoms with E-state index in [1.807, 2.05) is 18.8 Å². The second-order valence-corrected chi connectivity index (χ2v) is 6.37. The van der Waals surface area contributed by atoms with E-state index in [9.17, 15) is 0 Å². The summed E-state index contributed by atoms with van der Waals surface area (Å²) in [6.07, 6.45) is 6.39. The van der Waals surface area contributed by atoms with E-state index in [2.05, 4.69) is 25.0 Å². The van der Waals surface area contributed by atoms with Crippen LogP contribution in [0.25, 0.3) is 0 Å². The summed E-state index contributed by atoms with van der Waals surface area (Å²) in [6, 6.07) is 2.22. The number of hydrogen-bond donors (Lipinski definition) is 1. The van der Waals surface area contributed by atoms with Gasteiger partial charge in [0.1, 0.15) is 0 Å². The zero-order valence-electron chi connectivity index (χ0n) is 13.4. The highest BCUT2D eigenvalue weighted by Crippen LogP contribution is 2.37. The van der Waals surface area contributed by atoms with Gasteiger partial charge in [0.2, 0.25) is 0 Å². The van der Waals surface area contributed by atoms with E-state index >= 15 is 0 Å². The van der Waals surface area contributed by atoms with E-state index < -0.39 is 0 Å². The maximum Gasteiger partial charge on any atom is 0.0832 e. The number of nitrogens with zero attached hydrogens (tertiary/aromatic N) is 2. The Kier molecular flexibility index (Phi) is 4.86. The van der Waals surface area contributed by atoms with Gasteiger partial charge in [0.15, 0.2) is 0 Å². The van der Waals surface area contributed by atoms with E-state index in [0.29, 0.717) is 0 Å². The lowest BCUT2D eigenvalue weighted by atomic mass is 9.74. The molecule has 1 fully saturated rings. The van der Waals surface area contributed by atoms with Crippen molar-refractivity contribution >= 4 is 0 Å². The molecular weight excluding hydrogens is 250 g/mol. The second-order valence-electron chi connectivity index (χ2n) is 6.37. The predicted molar refractivity (Wildman–Crippen MR) is 81.6 cm³/mol. The summed E-state index contributed by atoms with van der Waals surface area (Å²) in [4.78, 5) is 0. The first-order valence-corrected chi connectivity index (χ1v) is 7.83. The summed E-state index contributed by atoms with van der Waals surface area (Å²) in [5.74, 6) is 0.800. The van der Waals surface area contributed by atoms with Crippen LogP contribution in [0.15, 0.2) is 6.07 Å². The van der Waals surface area contributed by atoms with Gasteiger partial charge < -0.3 is 10.5 Å². The van der Waals surface area contributed by atoms with Crippen LogP contribution < -0.4 is 5.73 Å². The first kappa shape index (κ1) is 15.5. The van der Waals surface area contributed by atoms with E-state index in [1.165, 1.54) is 18.5 Å². The van der Waals surface area contributed by atoms with Crippen molar-refractivity contribution in [1.29, 1.82) is 0 Å². The van der Waals surface area contributed by atoms with Crippen molar-refractivity contribution in [3.05, 3.63) is 17.5 Å². The van der Waals surface area contributed by atoms with Crippen molar-refractivity contribution < 1.29 is 4.74 Å². The van der Waals surface area contributed by atoms with Crippen molar-refractivity contribution in [1.82, 2.24) is 9.78 Å². The van der Waals surface area contributed by atoms with Crippen LogP contribution in [0.4, 0.5) is 0 Å². The van der Waals surface area contributed by atoms with E-state index in [-0.39, 0.29) is 11.6 Å². The molecule has 114 valence electrons. The molecular formula is C16H29N3O. The Morgan fingerprint density at radius 2 is 2.15 bits per heavy atom. The SMILES string of the molecule is CCc1cc(CC(N)C2(OC)CCC(C)CC2)n(C)n1. The molecule has 1 atom stereocenters. The maximum atomic E-state index is 6.52. The molecule has 0 saturated heterocycles. The summed E-state index contributed by atoms with van der Waals surface area (Å²) >= 11 is 0. The Morgan fingerprint density at radius 1 is 1.50 bits per heavy atom. The second kappa shape index (κ2) is 6.27. The first-order valence-electron chi connectivity index (χ1n) is 7.83. The average molecular weight is 279 g/mol. The summed E-state index contributed by atoms with van der Waals surface area (Å²) in [6.45, 7) is 4.45. The van der Waals surface area contributed by atoms with Crippen LogP contribution in [0.5, 0.6) is 0 Å². The highest BCUT2D eigenvalue weighted by atomic mass is 16.5. The van der Waals surface area contributed by atoms with Gasteiger partial charge in [0, 0.05) is 32.3 Å². The van der Waals surface area contributed by atoms with Gasteiger partial charge in [0.25, 0.3) is 0 Å². The largest absolute Gasteiger partial charge is 0.377 e. The zero-order valence-corrected chi connectivity index (χ0v) is 13.4. The number of hydrogen-bond acceptors (Lipinski definition) is 3. The third-order valence-electron chi connectivity index (χ3n) is 5.02. The third-order valence-corrected chi connectivity index (χ3v) is 5.02. The molecule has 1 aliphatic carbocycles. The molecule has 4 nitrogen and oxygen atoms in total. The molecule has 1 saturated carbocycles. The molecule has 0 spiro atoms. The van der Waals surface area contributed by atoms with Crippen molar-refractivity contribution in [3.63, 3.8) is 0 Å². The lowest BCUT2D eigenvalue weighted by molar-refractivity contribution is -0.0662. The number of methoxy groups -OCH3 is 1. The molecule has 1 heterocycles. The fourth-order valence-electron chi connectivity index (χ4n) is 3.32. The van der Waals surface area contributed by atoms with Crippen LogP contribution in [0, 0.1) is 5.92 Å². The van der Waals surface area contributed by atoms with Gasteiger partial charge in [-0.2, -0.15) is 5.10 Å². The monoisotopic (exact) mass is 279 g/mol. The highest BCUT2D eigenvalue weighted by molar-refractivity contribution is 5.13. The fraction of sp³-hybridized carbons (Fsp3) is 0.812. The molecule has 0 aliphatic heterocycles. The van der Waals surface area contributed by atoms with Crippen LogP contribution in [0.2, 0.25) is 0 Å². The molecule has 0 aromatic carbocycles. The molecule has 0 radical (unpaired) electrons. The topological polar surface area (TPSA) is 53.1 Å². The van der Waals surface area contributed by atoms with Gasteiger partial charge in [0.05, 0.1) is 11.3 Å². The Morgan fingerprint density at radius 3 is 2.65 bits per heavy atom. The predicted octanol–water partition coefficient (Wildman–Crippen LogP) is 2.45. The summed E-state index contributed by atoms with van der Waals surface area (Å²) in [5.41, 5.74) is 8.73. The standard InChI is InChI=1S/C16H29N3O/c1-5-13-10-14(19(3)18-13)11-15(17)16(20-4)8-6-12(2)7-9-16/h10,12,15H,5-9,11,17H2,1-4H3. The minimum Gasteiger partial charge on any atom is -0.377 e. The van der Waals surface area contributed by atoms with Gasteiger partial charge in [-0.05, 0) is 44.1 Å². The molecule has 1 unspecified atom stereocenters. The van der Waals surface area contributed by atoms with Gasteiger partial charge in [-0.1, -0.05) is 13.8 Å². The summed E-state index contributed by atoms with van der Waals surface area (Å²) in [5, 5.41) is 4.51. The minimum atomic E-state index is -0.150. The maximum absolute atomic E-state index is 6.52. The molecule has 4 heteroatoms. The molecule has 0 bridgehead atoms. The molecule has 20 heavy (non-hydrogen) atoms. The normalized spacial score (nSPS) is 28.6. The lowest BCUT2D eigenvalue weighted by Gasteiger charge is -2.42. The number of aromatic nitrogens is 2. The van der Waals surface area contributed by atoms with Crippen molar-refractivity contribution in [3.8, 4) is 0 Å². The smallest absolute Gasteiger partial charge is 0.0832 e. The molecule has 1 aliphatic rings. The molecule has 2 rings (SSSR count). The fourth-order valence-corrected chi connectivity index (χ4v) is 3.32. The van der Waals surface area contributed by atoms with Crippen LogP contribution in [0.1, 0.15) is 50.9 Å². The highest BCUT2D eigenvalue weighted by Gasteiger charge is 2.39. The van der Waals surface area contributed by atoms with Gasteiger partial charge >= 0.3 is 0 Å². The quantitative estimate of drug-likeness (QED) is 0.900. The molecule has 1 aromatic rings. The number of nitrogens with two attached hydrogens (primary N) is 1. The number of rotatable bonds is 5. The molecule has 2 N–H and O–H groups in total. The average Bonchev–Trinajstić information content (AvgIpc) is 2.80. The molecule has 0 amide bonds. The summed E-state index contributed by atoms with van der Waals surface area (Å²) < 4.78 is 7.85. The lowest BCUT2D eigenvalue weighted by Crippen LogP contribution is -2.52. The van der Waals surface area contributed by atoms with Crippen molar-refractivity contribution in [2.24, 2.45) is 18.7 Å². The van der Waals surface area contributed by atoms with Gasteiger partial charge in [-0.3, -0.25) is 4.68 Å². The van der Waals surface area contributed by atoms with Crippen molar-refractivity contribution in [2.75, 3.05) is 7.11 Å². The Balaban J connectivity index is 2.09. The van der Waals surface area contributed by atoms with Crippen LogP contribution >= 0.6 is 0 Å². The van der Waals surface area contributed by atoms with E-state index in [1.54, 1.807) is 0 Å². The third kappa shape index (κ3) is 3.07. The van der Waals surface area contributed by atoms with E-state index in [0.717, 1.165) is 37.3 Å². The first-order chi connectivity index (χ1) is 9.50. The van der Waals surface area contributed by atoms with Crippen LogP contribution in [0.3, 0.4) is 0 Å². The zero-order chi connectivity index (χ0) is 14.8. The number of ether oxygens (including phenoxy) is 1. The Bertz CT molecular complexity index is 433. The van der Waals surface area contributed by atoms with E-state index in [4.69, 9.17) is 10.5 Å². The Labute approximate surface area is 122 Å². The van der Waals surface area contributed by atoms with Gasteiger partial charge in [-0.15, -0.1) is 0 Å². The van der Waals surface area contributed by atoms with Crippen molar-refractivity contribution in [2.45, 2.75) is 64.0 Å². The molecule has 1 aromatic heterocycles. The Hall–Kier alpha value is -0.870.